The zero-order chi connectivity index (χ0) is 14.1. The molecule has 3 atom stereocenters. The maximum Gasteiger partial charge on any atom is 0.0203 e. The monoisotopic (exact) mass is 285 g/mol. The molecular weight excluding hydrogens is 250 g/mol. The summed E-state index contributed by atoms with van der Waals surface area (Å²) in [6.45, 7) is 10.6. The van der Waals surface area contributed by atoms with Gasteiger partial charge >= 0.3 is 0 Å². The Morgan fingerprint density at radius 2 is 1.89 bits per heavy atom. The molecule has 1 fully saturated rings. The zero-order valence-corrected chi connectivity index (χ0v) is 14.4. The van der Waals surface area contributed by atoms with Gasteiger partial charge in [-0.25, -0.2) is 0 Å². The van der Waals surface area contributed by atoms with Crippen molar-refractivity contribution >= 4 is 11.8 Å². The molecule has 0 amide bonds. The van der Waals surface area contributed by atoms with Crippen LogP contribution >= 0.6 is 11.8 Å². The van der Waals surface area contributed by atoms with Crippen molar-refractivity contribution < 1.29 is 0 Å². The van der Waals surface area contributed by atoms with Gasteiger partial charge in [0, 0.05) is 11.3 Å². The Kier molecular flexibility index (Phi) is 9.23. The topological polar surface area (TPSA) is 12.0 Å². The van der Waals surface area contributed by atoms with Gasteiger partial charge in [0.25, 0.3) is 0 Å². The summed E-state index contributed by atoms with van der Waals surface area (Å²) in [6, 6.07) is 0.779. The van der Waals surface area contributed by atoms with Crippen LogP contribution in [0.15, 0.2) is 0 Å². The van der Waals surface area contributed by atoms with Crippen molar-refractivity contribution in [2.24, 2.45) is 11.8 Å². The van der Waals surface area contributed by atoms with E-state index in [4.69, 9.17) is 0 Å². The summed E-state index contributed by atoms with van der Waals surface area (Å²) in [5.74, 6) is 3.20. The van der Waals surface area contributed by atoms with Gasteiger partial charge in [-0.05, 0) is 56.2 Å². The minimum Gasteiger partial charge on any atom is -0.313 e. The number of nitrogens with one attached hydrogen (secondary N) is 1. The first-order valence-corrected chi connectivity index (χ1v) is 9.58. The fraction of sp³-hybridized carbons (Fsp3) is 1.00. The average Bonchev–Trinajstić information content (AvgIpc) is 2.41. The second kappa shape index (κ2) is 10.1. The molecule has 1 saturated carbocycles. The summed E-state index contributed by atoms with van der Waals surface area (Å²) in [5.41, 5.74) is 0. The van der Waals surface area contributed by atoms with Crippen molar-refractivity contribution in [3.05, 3.63) is 0 Å². The van der Waals surface area contributed by atoms with Gasteiger partial charge in [0.1, 0.15) is 0 Å². The molecule has 0 radical (unpaired) electrons. The van der Waals surface area contributed by atoms with Gasteiger partial charge in [0.2, 0.25) is 0 Å². The lowest BCUT2D eigenvalue weighted by Gasteiger charge is -2.38. The standard InChI is InChI=1S/C17H35NS/c1-5-7-8-12-19-17-13-15(14(3)4)9-10-16(17)18-11-6-2/h14-18H,5-13H2,1-4H3. The predicted molar refractivity (Wildman–Crippen MR) is 90.0 cm³/mol. The van der Waals surface area contributed by atoms with Crippen LogP contribution in [0.3, 0.4) is 0 Å². The van der Waals surface area contributed by atoms with Crippen molar-refractivity contribution in [3.63, 3.8) is 0 Å². The second-order valence-electron chi connectivity index (χ2n) is 6.49. The van der Waals surface area contributed by atoms with Gasteiger partial charge in [0.05, 0.1) is 0 Å². The third-order valence-corrected chi connectivity index (χ3v) is 5.98. The summed E-state index contributed by atoms with van der Waals surface area (Å²) in [5, 5.41) is 4.67. The molecule has 1 nitrogen and oxygen atoms in total. The molecule has 0 bridgehead atoms. The Morgan fingerprint density at radius 1 is 1.11 bits per heavy atom. The molecule has 1 aliphatic rings. The second-order valence-corrected chi connectivity index (χ2v) is 7.84. The fourth-order valence-electron chi connectivity index (χ4n) is 3.10. The van der Waals surface area contributed by atoms with Crippen molar-refractivity contribution in [1.29, 1.82) is 0 Å². The maximum absolute atomic E-state index is 3.80. The first-order chi connectivity index (χ1) is 9.19. The van der Waals surface area contributed by atoms with E-state index in [0.717, 1.165) is 23.1 Å². The van der Waals surface area contributed by atoms with Crippen LogP contribution in [0.25, 0.3) is 0 Å². The SMILES string of the molecule is CCCCCSC1CC(C(C)C)CCC1NCCC. The lowest BCUT2D eigenvalue weighted by molar-refractivity contribution is 0.246. The molecule has 0 aromatic carbocycles. The highest BCUT2D eigenvalue weighted by atomic mass is 32.2. The summed E-state index contributed by atoms with van der Waals surface area (Å²) in [4.78, 5) is 0. The van der Waals surface area contributed by atoms with E-state index in [0.29, 0.717) is 0 Å². The summed E-state index contributed by atoms with van der Waals surface area (Å²) < 4.78 is 0. The lowest BCUT2D eigenvalue weighted by Crippen LogP contribution is -2.43. The van der Waals surface area contributed by atoms with E-state index >= 15 is 0 Å². The summed E-state index contributed by atoms with van der Waals surface area (Å²) in [7, 11) is 0. The quantitative estimate of drug-likeness (QED) is 0.591. The molecule has 2 heteroatoms. The molecule has 0 aromatic rings. The van der Waals surface area contributed by atoms with Crippen LogP contribution in [0, 0.1) is 11.8 Å². The van der Waals surface area contributed by atoms with Gasteiger partial charge in [-0.15, -0.1) is 0 Å². The van der Waals surface area contributed by atoms with Crippen molar-refractivity contribution in [2.75, 3.05) is 12.3 Å². The van der Waals surface area contributed by atoms with Crippen LogP contribution in [0.4, 0.5) is 0 Å². The van der Waals surface area contributed by atoms with Crippen LogP contribution in [0.2, 0.25) is 0 Å². The Bertz CT molecular complexity index is 217. The maximum atomic E-state index is 3.80. The first-order valence-electron chi connectivity index (χ1n) is 8.54. The van der Waals surface area contributed by atoms with E-state index in [1.807, 2.05) is 0 Å². The molecule has 0 aliphatic heterocycles. The minimum absolute atomic E-state index is 0.779. The van der Waals surface area contributed by atoms with E-state index in [-0.39, 0.29) is 0 Å². The van der Waals surface area contributed by atoms with Crippen LogP contribution in [0.5, 0.6) is 0 Å². The Morgan fingerprint density at radius 3 is 2.53 bits per heavy atom. The van der Waals surface area contributed by atoms with E-state index in [1.165, 1.54) is 57.2 Å². The molecule has 114 valence electrons. The minimum atomic E-state index is 0.779. The highest BCUT2D eigenvalue weighted by Gasteiger charge is 2.31. The zero-order valence-electron chi connectivity index (χ0n) is 13.6. The van der Waals surface area contributed by atoms with E-state index in [9.17, 15) is 0 Å². The lowest BCUT2D eigenvalue weighted by atomic mass is 9.79. The molecule has 1 aliphatic carbocycles. The average molecular weight is 286 g/mol. The number of unbranched alkanes of at least 4 members (excludes halogenated alkanes) is 2. The molecule has 19 heavy (non-hydrogen) atoms. The predicted octanol–water partition coefficient (Wildman–Crippen LogP) is 5.10. The van der Waals surface area contributed by atoms with Crippen LogP contribution in [-0.2, 0) is 0 Å². The Balaban J connectivity index is 2.40. The molecular formula is C17H35NS. The normalized spacial score (nSPS) is 27.9. The first kappa shape index (κ1) is 17.4. The molecule has 1 rings (SSSR count). The van der Waals surface area contributed by atoms with Gasteiger partial charge < -0.3 is 5.32 Å². The van der Waals surface area contributed by atoms with Gasteiger partial charge in [0.15, 0.2) is 0 Å². The van der Waals surface area contributed by atoms with Crippen LogP contribution in [-0.4, -0.2) is 23.6 Å². The molecule has 0 spiro atoms. The number of hydrogen-bond donors (Lipinski definition) is 1. The third kappa shape index (κ3) is 6.53. The van der Waals surface area contributed by atoms with Gasteiger partial charge in [-0.3, -0.25) is 0 Å². The van der Waals surface area contributed by atoms with Crippen molar-refractivity contribution in [3.8, 4) is 0 Å². The smallest absolute Gasteiger partial charge is 0.0203 e. The summed E-state index contributed by atoms with van der Waals surface area (Å²) >= 11 is 2.25. The van der Waals surface area contributed by atoms with Gasteiger partial charge in [-0.2, -0.15) is 11.8 Å². The van der Waals surface area contributed by atoms with Crippen molar-refractivity contribution in [2.45, 2.75) is 83.9 Å². The van der Waals surface area contributed by atoms with E-state index < -0.39 is 0 Å². The highest BCUT2D eigenvalue weighted by Crippen LogP contribution is 2.36. The number of thioether (sulfide) groups is 1. The van der Waals surface area contributed by atoms with E-state index in [1.54, 1.807) is 0 Å². The van der Waals surface area contributed by atoms with Crippen LogP contribution in [0.1, 0.15) is 72.6 Å². The summed E-state index contributed by atoms with van der Waals surface area (Å²) in [6.07, 6.45) is 9.69. The molecule has 1 N–H and O–H groups in total. The number of rotatable bonds is 9. The van der Waals surface area contributed by atoms with Crippen molar-refractivity contribution in [1.82, 2.24) is 5.32 Å². The Hall–Kier alpha value is 0.310. The molecule has 0 aromatic heterocycles. The molecule has 0 heterocycles. The molecule has 0 saturated heterocycles. The largest absolute Gasteiger partial charge is 0.313 e. The van der Waals surface area contributed by atoms with E-state index in [2.05, 4.69) is 44.8 Å². The van der Waals surface area contributed by atoms with Crippen LogP contribution < -0.4 is 5.32 Å². The third-order valence-electron chi connectivity index (χ3n) is 4.51. The Labute approximate surface area is 125 Å². The fourth-order valence-corrected chi connectivity index (χ4v) is 4.62. The highest BCUT2D eigenvalue weighted by molar-refractivity contribution is 7.99. The molecule has 3 unspecified atom stereocenters. The number of hydrogen-bond acceptors (Lipinski definition) is 2. The van der Waals surface area contributed by atoms with Gasteiger partial charge in [-0.1, -0.05) is 40.5 Å².